The molecule has 0 aliphatic carbocycles. The number of piperidine rings is 1. The Bertz CT molecular complexity index is 552. The minimum Gasteiger partial charge on any atom is -0.389 e. The maximum Gasteiger partial charge on any atom is 0.123 e. The van der Waals surface area contributed by atoms with Gasteiger partial charge in [0.1, 0.15) is 11.8 Å². The number of aliphatic hydroxyl groups excluding tert-OH is 1. The Morgan fingerprint density at radius 3 is 2.83 bits per heavy atom. The third-order valence-corrected chi connectivity index (χ3v) is 4.66. The van der Waals surface area contributed by atoms with Crippen molar-refractivity contribution in [3.8, 4) is 0 Å². The van der Waals surface area contributed by atoms with Crippen molar-refractivity contribution < 1.29 is 19.4 Å². The average molecular weight is 321 g/mol. The molecule has 0 saturated carbocycles. The van der Waals surface area contributed by atoms with Gasteiger partial charge in [0.25, 0.3) is 0 Å². The smallest absolute Gasteiger partial charge is 0.123 e. The highest BCUT2D eigenvalue weighted by atomic mass is 19.1. The minimum atomic E-state index is -0.860. The molecule has 1 heterocycles. The molecule has 0 radical (unpaired) electrons. The fraction of sp³-hybridized carbons (Fsp3) is 0.556. The molecule has 0 aromatic heterocycles. The van der Waals surface area contributed by atoms with E-state index >= 15 is 0 Å². The molecule has 4 nitrogen and oxygen atoms in total. The van der Waals surface area contributed by atoms with Gasteiger partial charge in [-0.2, -0.15) is 0 Å². The van der Waals surface area contributed by atoms with Gasteiger partial charge in [-0.1, -0.05) is 12.1 Å². The maximum atomic E-state index is 12.9. The quantitative estimate of drug-likeness (QED) is 0.788. The zero-order valence-corrected chi connectivity index (χ0v) is 13.4. The van der Waals surface area contributed by atoms with Crippen molar-refractivity contribution >= 4 is 5.94 Å². The van der Waals surface area contributed by atoms with Gasteiger partial charge in [0.05, 0.1) is 11.7 Å². The number of benzene rings is 1. The van der Waals surface area contributed by atoms with Crippen LogP contribution in [0.5, 0.6) is 0 Å². The molecule has 2 N–H and O–H groups in total. The number of carbonyl (C=O) groups excluding carboxylic acids is 1. The summed E-state index contributed by atoms with van der Waals surface area (Å²) >= 11 is 0. The van der Waals surface area contributed by atoms with Crippen molar-refractivity contribution in [1.82, 2.24) is 4.90 Å². The van der Waals surface area contributed by atoms with Crippen molar-refractivity contribution in [1.29, 1.82) is 0 Å². The largest absolute Gasteiger partial charge is 0.389 e. The van der Waals surface area contributed by atoms with Crippen LogP contribution in [0.25, 0.3) is 0 Å². The second-order valence-corrected chi connectivity index (χ2v) is 6.51. The van der Waals surface area contributed by atoms with Gasteiger partial charge < -0.3 is 15.1 Å². The Labute approximate surface area is 136 Å². The van der Waals surface area contributed by atoms with E-state index in [1.54, 1.807) is 25.0 Å². The van der Waals surface area contributed by atoms with Crippen LogP contribution in [0.2, 0.25) is 0 Å². The highest BCUT2D eigenvalue weighted by Crippen LogP contribution is 2.28. The van der Waals surface area contributed by atoms with Crippen molar-refractivity contribution in [2.45, 2.75) is 37.9 Å². The van der Waals surface area contributed by atoms with Gasteiger partial charge in [-0.25, -0.2) is 9.18 Å². The molecule has 0 spiro atoms. The summed E-state index contributed by atoms with van der Waals surface area (Å²) in [5.74, 6) is 1.26. The Hall–Kier alpha value is -1.52. The van der Waals surface area contributed by atoms with E-state index in [0.29, 0.717) is 19.4 Å². The zero-order valence-electron chi connectivity index (χ0n) is 13.4. The predicted octanol–water partition coefficient (Wildman–Crippen LogP) is 2.10. The molecule has 1 unspecified atom stereocenters. The van der Waals surface area contributed by atoms with Crippen molar-refractivity contribution in [3.63, 3.8) is 0 Å². The lowest BCUT2D eigenvalue weighted by Gasteiger charge is -2.41. The monoisotopic (exact) mass is 321 g/mol. The predicted molar refractivity (Wildman–Crippen MR) is 86.0 cm³/mol. The van der Waals surface area contributed by atoms with E-state index < -0.39 is 11.7 Å². The minimum absolute atomic E-state index is 0.212. The summed E-state index contributed by atoms with van der Waals surface area (Å²) in [5.41, 5.74) is -0.142. The normalized spacial score (nSPS) is 26.5. The maximum absolute atomic E-state index is 12.9. The molecule has 1 aliphatic heterocycles. The third kappa shape index (κ3) is 4.98. The van der Waals surface area contributed by atoms with E-state index in [1.165, 1.54) is 18.2 Å². The Morgan fingerprint density at radius 1 is 1.48 bits per heavy atom. The van der Waals surface area contributed by atoms with Crippen LogP contribution in [0.3, 0.4) is 0 Å². The van der Waals surface area contributed by atoms with E-state index in [0.717, 1.165) is 25.1 Å². The third-order valence-electron chi connectivity index (χ3n) is 4.66. The second kappa shape index (κ2) is 7.84. The van der Waals surface area contributed by atoms with Gasteiger partial charge in [0.15, 0.2) is 0 Å². The van der Waals surface area contributed by atoms with Gasteiger partial charge in [0.2, 0.25) is 0 Å². The summed E-state index contributed by atoms with van der Waals surface area (Å²) in [6.45, 7) is 3.93. The molecule has 0 bridgehead atoms. The molecule has 5 heteroatoms. The second-order valence-electron chi connectivity index (χ2n) is 6.51. The van der Waals surface area contributed by atoms with E-state index in [-0.39, 0.29) is 11.7 Å². The van der Waals surface area contributed by atoms with Crippen LogP contribution in [0.4, 0.5) is 4.39 Å². The average Bonchev–Trinajstić information content (AvgIpc) is 2.51. The topological polar surface area (TPSA) is 60.8 Å². The lowest BCUT2D eigenvalue weighted by Crippen LogP contribution is -2.49. The Kier molecular flexibility index (Phi) is 6.08. The van der Waals surface area contributed by atoms with Crippen LogP contribution in [-0.4, -0.2) is 46.3 Å². The molecule has 1 aromatic rings. The number of hydrogen-bond acceptors (Lipinski definition) is 4. The molecule has 1 fully saturated rings. The van der Waals surface area contributed by atoms with Gasteiger partial charge in [-0.05, 0) is 50.4 Å². The fourth-order valence-corrected chi connectivity index (χ4v) is 3.01. The Morgan fingerprint density at radius 2 is 2.17 bits per heavy atom. The summed E-state index contributed by atoms with van der Waals surface area (Å²) in [7, 11) is 0. The van der Waals surface area contributed by atoms with Crippen molar-refractivity contribution in [3.05, 3.63) is 41.7 Å². The van der Waals surface area contributed by atoms with E-state index in [4.69, 9.17) is 0 Å². The van der Waals surface area contributed by atoms with Crippen LogP contribution >= 0.6 is 0 Å². The van der Waals surface area contributed by atoms with Crippen LogP contribution in [0.1, 0.15) is 37.9 Å². The highest BCUT2D eigenvalue weighted by molar-refractivity contribution is 5.46. The zero-order chi connectivity index (χ0) is 16.9. The SMILES string of the molecule is C[C@]1(O)CCN(CCCC(O)c2ccc(F)cc2)C[C@@H]1C=C=O. The number of likely N-dealkylation sites (tertiary alicyclic amines) is 1. The van der Waals surface area contributed by atoms with Crippen LogP contribution in [0, 0.1) is 11.7 Å². The van der Waals surface area contributed by atoms with E-state index in [1.807, 2.05) is 0 Å². The van der Waals surface area contributed by atoms with Crippen LogP contribution in [-0.2, 0) is 4.79 Å². The molecule has 23 heavy (non-hydrogen) atoms. The molecular formula is C18H24FNO3. The molecule has 2 rings (SSSR count). The summed E-state index contributed by atoms with van der Waals surface area (Å²) in [5, 5.41) is 20.4. The van der Waals surface area contributed by atoms with E-state index in [2.05, 4.69) is 4.90 Å². The van der Waals surface area contributed by atoms with Gasteiger partial charge in [-0.15, -0.1) is 0 Å². The van der Waals surface area contributed by atoms with Gasteiger partial charge >= 0.3 is 0 Å². The standard InChI is InChI=1S/C18H24FNO3/c1-18(23)9-11-20(13-15(18)8-12-21)10-2-3-17(22)14-4-6-16(19)7-5-14/h4-8,15,17,22-23H,2-3,9-11,13H2,1H3/t15-,17?,18-/m0/s1. The molecule has 3 atom stereocenters. The molecule has 1 aliphatic rings. The number of halogens is 1. The summed E-state index contributed by atoms with van der Waals surface area (Å²) < 4.78 is 12.9. The highest BCUT2D eigenvalue weighted by Gasteiger charge is 2.36. The van der Waals surface area contributed by atoms with Gasteiger partial charge in [0, 0.05) is 25.1 Å². The van der Waals surface area contributed by atoms with Crippen molar-refractivity contribution in [2.24, 2.45) is 5.92 Å². The van der Waals surface area contributed by atoms with Gasteiger partial charge in [-0.3, -0.25) is 0 Å². The summed E-state index contributed by atoms with van der Waals surface area (Å²) in [6, 6.07) is 5.90. The fourth-order valence-electron chi connectivity index (χ4n) is 3.01. The van der Waals surface area contributed by atoms with Crippen LogP contribution in [0.15, 0.2) is 30.3 Å². The molecule has 126 valence electrons. The first-order valence-corrected chi connectivity index (χ1v) is 8.01. The Balaban J connectivity index is 1.80. The molecule has 1 saturated heterocycles. The first-order chi connectivity index (χ1) is 10.9. The molecule has 1 aromatic carbocycles. The summed E-state index contributed by atoms with van der Waals surface area (Å²) in [6.07, 6.45) is 2.79. The first-order valence-electron chi connectivity index (χ1n) is 8.01. The number of rotatable bonds is 6. The number of aliphatic hydroxyl groups is 2. The van der Waals surface area contributed by atoms with Crippen LogP contribution < -0.4 is 0 Å². The summed E-state index contributed by atoms with van der Waals surface area (Å²) in [4.78, 5) is 12.8. The van der Waals surface area contributed by atoms with E-state index in [9.17, 15) is 19.4 Å². The lowest BCUT2D eigenvalue weighted by molar-refractivity contribution is -0.0396. The lowest BCUT2D eigenvalue weighted by atomic mass is 9.82. The molecule has 0 amide bonds. The number of nitrogens with zero attached hydrogens (tertiary/aromatic N) is 1. The number of hydrogen-bond donors (Lipinski definition) is 2. The molecular weight excluding hydrogens is 297 g/mol. The van der Waals surface area contributed by atoms with Crippen molar-refractivity contribution in [2.75, 3.05) is 19.6 Å². The first kappa shape index (κ1) is 17.8.